The van der Waals surface area contributed by atoms with Crippen molar-refractivity contribution >= 4 is 17.3 Å². The Morgan fingerprint density at radius 1 is 1.50 bits per heavy atom. The minimum atomic E-state index is -0.339. The second kappa shape index (κ2) is 5.77. The van der Waals surface area contributed by atoms with Gasteiger partial charge < -0.3 is 9.47 Å². The van der Waals surface area contributed by atoms with Crippen molar-refractivity contribution in [3.8, 4) is 5.69 Å². The largest absolute Gasteiger partial charge is 0.457 e. The number of hydrogen-bond acceptors (Lipinski definition) is 7. The number of thiophene rings is 1. The van der Waals surface area contributed by atoms with Crippen LogP contribution >= 0.6 is 11.3 Å². The Bertz CT molecular complexity index is 653. The van der Waals surface area contributed by atoms with Gasteiger partial charge in [-0.2, -0.15) is 4.68 Å². The van der Waals surface area contributed by atoms with Crippen molar-refractivity contribution in [2.24, 2.45) is 5.41 Å². The molecule has 22 heavy (non-hydrogen) atoms. The first-order chi connectivity index (χ1) is 10.5. The highest BCUT2D eigenvalue weighted by atomic mass is 32.1. The van der Waals surface area contributed by atoms with E-state index in [1.807, 2.05) is 12.3 Å². The van der Waals surface area contributed by atoms with Gasteiger partial charge in [-0.1, -0.05) is 13.8 Å². The predicted molar refractivity (Wildman–Crippen MR) is 80.0 cm³/mol. The van der Waals surface area contributed by atoms with Gasteiger partial charge in [-0.3, -0.25) is 0 Å². The van der Waals surface area contributed by atoms with Gasteiger partial charge in [-0.05, 0) is 28.8 Å². The molecule has 1 aliphatic carbocycles. The third-order valence-corrected chi connectivity index (χ3v) is 5.01. The van der Waals surface area contributed by atoms with Crippen LogP contribution in [0.3, 0.4) is 0 Å². The van der Waals surface area contributed by atoms with Crippen LogP contribution in [0.25, 0.3) is 5.69 Å². The van der Waals surface area contributed by atoms with E-state index < -0.39 is 0 Å². The summed E-state index contributed by atoms with van der Waals surface area (Å²) in [4.78, 5) is 12.9. The van der Waals surface area contributed by atoms with Gasteiger partial charge in [0.1, 0.15) is 17.3 Å². The summed E-state index contributed by atoms with van der Waals surface area (Å²) in [5.74, 6) is -0.339. The molecule has 2 aromatic rings. The highest BCUT2D eigenvalue weighted by molar-refractivity contribution is 7.12. The molecule has 118 valence electrons. The van der Waals surface area contributed by atoms with E-state index in [-0.39, 0.29) is 23.6 Å². The van der Waals surface area contributed by atoms with Gasteiger partial charge in [0.05, 0.1) is 11.8 Å². The van der Waals surface area contributed by atoms with Crippen LogP contribution in [-0.4, -0.2) is 45.0 Å². The molecule has 2 aromatic heterocycles. The summed E-state index contributed by atoms with van der Waals surface area (Å²) in [6.45, 7) is 6.76. The first-order valence-electron chi connectivity index (χ1n) is 7.17. The Morgan fingerprint density at radius 2 is 2.32 bits per heavy atom. The molecule has 1 fully saturated rings. The van der Waals surface area contributed by atoms with Crippen molar-refractivity contribution in [1.29, 1.82) is 0 Å². The second-order valence-electron chi connectivity index (χ2n) is 5.78. The monoisotopic (exact) mass is 322 g/mol. The van der Waals surface area contributed by atoms with Crippen molar-refractivity contribution in [3.63, 3.8) is 0 Å². The lowest BCUT2D eigenvalue weighted by molar-refractivity contribution is -0.174. The number of ether oxygens (including phenoxy) is 2. The predicted octanol–water partition coefficient (Wildman–Crippen LogP) is 2.08. The molecule has 0 bridgehead atoms. The molecule has 0 N–H and O–H groups in total. The summed E-state index contributed by atoms with van der Waals surface area (Å²) in [6.07, 6.45) is 2.19. The number of tetrazole rings is 1. The Balaban J connectivity index is 1.71. The van der Waals surface area contributed by atoms with Crippen molar-refractivity contribution in [3.05, 3.63) is 22.7 Å². The SMILES string of the molecule is CCO[C@@H]1C[C@H](OC(=O)c2sccc2-n2cnnn2)C1(C)C. The van der Waals surface area contributed by atoms with E-state index >= 15 is 0 Å². The number of nitrogens with zero attached hydrogens (tertiary/aromatic N) is 4. The fourth-order valence-electron chi connectivity index (χ4n) is 2.62. The van der Waals surface area contributed by atoms with Crippen molar-refractivity contribution < 1.29 is 14.3 Å². The van der Waals surface area contributed by atoms with E-state index in [1.54, 1.807) is 6.07 Å². The molecule has 0 spiro atoms. The van der Waals surface area contributed by atoms with E-state index in [1.165, 1.54) is 22.3 Å². The van der Waals surface area contributed by atoms with Crippen LogP contribution in [0.15, 0.2) is 17.8 Å². The van der Waals surface area contributed by atoms with Gasteiger partial charge in [-0.25, -0.2) is 4.79 Å². The Kier molecular flexibility index (Phi) is 3.96. The summed E-state index contributed by atoms with van der Waals surface area (Å²) in [5.41, 5.74) is 0.469. The van der Waals surface area contributed by atoms with E-state index in [9.17, 15) is 4.79 Å². The smallest absolute Gasteiger partial charge is 0.350 e. The molecule has 0 radical (unpaired) electrons. The molecule has 3 rings (SSSR count). The highest BCUT2D eigenvalue weighted by Gasteiger charge is 2.51. The maximum Gasteiger partial charge on any atom is 0.350 e. The van der Waals surface area contributed by atoms with Gasteiger partial charge in [0.25, 0.3) is 0 Å². The van der Waals surface area contributed by atoms with Crippen LogP contribution in [0.1, 0.15) is 36.9 Å². The van der Waals surface area contributed by atoms with E-state index in [0.29, 0.717) is 17.2 Å². The lowest BCUT2D eigenvalue weighted by atomic mass is 9.66. The summed E-state index contributed by atoms with van der Waals surface area (Å²) < 4.78 is 12.8. The number of aromatic nitrogens is 4. The molecule has 1 saturated carbocycles. The maximum atomic E-state index is 12.4. The van der Waals surface area contributed by atoms with Crippen LogP contribution in [-0.2, 0) is 9.47 Å². The molecule has 0 saturated heterocycles. The standard InChI is InChI=1S/C14H18N4O3S/c1-4-20-10-7-11(14(10,2)3)21-13(19)12-9(5-6-22-12)18-8-15-16-17-18/h5-6,8,10-11H,4,7H2,1-3H3/t10-,11+/m1/s1. The summed E-state index contributed by atoms with van der Waals surface area (Å²) >= 11 is 1.32. The summed E-state index contributed by atoms with van der Waals surface area (Å²) in [5, 5.41) is 12.8. The van der Waals surface area contributed by atoms with Crippen molar-refractivity contribution in [2.45, 2.75) is 39.4 Å². The molecular formula is C14H18N4O3S. The lowest BCUT2D eigenvalue weighted by Gasteiger charge is -2.50. The first-order valence-corrected chi connectivity index (χ1v) is 8.05. The molecule has 8 heteroatoms. The quantitative estimate of drug-likeness (QED) is 0.784. The maximum absolute atomic E-state index is 12.4. The Labute approximate surface area is 132 Å². The minimum absolute atomic E-state index is 0.137. The fraction of sp³-hybridized carbons (Fsp3) is 0.571. The van der Waals surface area contributed by atoms with Crippen molar-refractivity contribution in [2.75, 3.05) is 6.61 Å². The molecule has 2 atom stereocenters. The van der Waals surface area contributed by atoms with E-state index in [2.05, 4.69) is 29.4 Å². The normalized spacial score (nSPS) is 23.0. The lowest BCUT2D eigenvalue weighted by Crippen LogP contribution is -2.56. The van der Waals surface area contributed by atoms with E-state index in [4.69, 9.17) is 9.47 Å². The average molecular weight is 322 g/mol. The average Bonchev–Trinajstić information content (AvgIpc) is 3.16. The molecule has 0 aromatic carbocycles. The first kappa shape index (κ1) is 15.1. The van der Waals surface area contributed by atoms with Crippen LogP contribution in [0, 0.1) is 5.41 Å². The van der Waals surface area contributed by atoms with Crippen LogP contribution < -0.4 is 0 Å². The third kappa shape index (κ3) is 2.52. The topological polar surface area (TPSA) is 79.1 Å². The van der Waals surface area contributed by atoms with E-state index in [0.717, 1.165) is 6.42 Å². The molecule has 0 amide bonds. The second-order valence-corrected chi connectivity index (χ2v) is 6.70. The van der Waals surface area contributed by atoms with Gasteiger partial charge in [-0.15, -0.1) is 16.4 Å². The van der Waals surface area contributed by atoms with Gasteiger partial charge in [0, 0.05) is 18.4 Å². The van der Waals surface area contributed by atoms with Gasteiger partial charge in [0.2, 0.25) is 0 Å². The van der Waals surface area contributed by atoms with Crippen LogP contribution in [0.2, 0.25) is 0 Å². The van der Waals surface area contributed by atoms with Gasteiger partial charge in [0.15, 0.2) is 0 Å². The van der Waals surface area contributed by atoms with Gasteiger partial charge >= 0.3 is 5.97 Å². The van der Waals surface area contributed by atoms with Crippen LogP contribution in [0.5, 0.6) is 0 Å². The fourth-order valence-corrected chi connectivity index (χ4v) is 3.38. The van der Waals surface area contributed by atoms with Crippen molar-refractivity contribution in [1.82, 2.24) is 20.2 Å². The summed E-state index contributed by atoms with van der Waals surface area (Å²) in [7, 11) is 0. The minimum Gasteiger partial charge on any atom is -0.457 e. The summed E-state index contributed by atoms with van der Waals surface area (Å²) in [6, 6.07) is 1.80. The number of hydrogen-bond donors (Lipinski definition) is 0. The number of carbonyl (C=O) groups is 1. The number of carbonyl (C=O) groups excluding carboxylic acids is 1. The number of esters is 1. The number of rotatable bonds is 5. The molecule has 0 unspecified atom stereocenters. The molecule has 1 aliphatic rings. The zero-order valence-electron chi connectivity index (χ0n) is 12.7. The Hall–Kier alpha value is -1.80. The molecule has 0 aliphatic heterocycles. The highest BCUT2D eigenvalue weighted by Crippen LogP contribution is 2.45. The zero-order chi connectivity index (χ0) is 15.7. The molecule has 7 nitrogen and oxygen atoms in total. The molecule has 2 heterocycles. The zero-order valence-corrected chi connectivity index (χ0v) is 13.5. The third-order valence-electron chi connectivity index (χ3n) is 4.13. The van der Waals surface area contributed by atoms with Crippen LogP contribution in [0.4, 0.5) is 0 Å². The Morgan fingerprint density at radius 3 is 2.95 bits per heavy atom. The molecular weight excluding hydrogens is 304 g/mol.